The van der Waals surface area contributed by atoms with Crippen molar-refractivity contribution in [3.05, 3.63) is 35.9 Å². The number of esters is 1. The summed E-state index contributed by atoms with van der Waals surface area (Å²) in [5.41, 5.74) is 0.886. The number of benzene rings is 1. The molecule has 0 aromatic heterocycles. The van der Waals surface area contributed by atoms with Gasteiger partial charge in [-0.2, -0.15) is 0 Å². The van der Waals surface area contributed by atoms with Crippen molar-refractivity contribution in [1.82, 2.24) is 4.90 Å². The topological polar surface area (TPSA) is 76.1 Å². The molecule has 2 atom stereocenters. The summed E-state index contributed by atoms with van der Waals surface area (Å²) in [5, 5.41) is 9.03. The van der Waals surface area contributed by atoms with Gasteiger partial charge < -0.3 is 14.6 Å². The van der Waals surface area contributed by atoms with Crippen LogP contribution in [0.3, 0.4) is 0 Å². The summed E-state index contributed by atoms with van der Waals surface area (Å²) in [4.78, 5) is 25.4. The summed E-state index contributed by atoms with van der Waals surface area (Å²) >= 11 is 0. The average Bonchev–Trinajstić information content (AvgIpc) is 2.97. The molecular weight excluding hydrogens is 286 g/mol. The van der Waals surface area contributed by atoms with Crippen molar-refractivity contribution in [3.63, 3.8) is 0 Å². The summed E-state index contributed by atoms with van der Waals surface area (Å²) in [6.07, 6.45) is 0.517. The fraction of sp³-hybridized carbons (Fsp3) is 0.500. The van der Waals surface area contributed by atoms with Crippen molar-refractivity contribution in [2.75, 3.05) is 20.3 Å². The number of aliphatic hydroxyl groups excluding tert-OH is 1. The summed E-state index contributed by atoms with van der Waals surface area (Å²) in [5.74, 6) is -0.365. The van der Waals surface area contributed by atoms with Gasteiger partial charge in [0.25, 0.3) is 0 Å². The molecule has 0 bridgehead atoms. The third kappa shape index (κ3) is 3.98. The quantitative estimate of drug-likeness (QED) is 0.836. The van der Waals surface area contributed by atoms with Gasteiger partial charge in [-0.05, 0) is 24.3 Å². The largest absolute Gasteiger partial charge is 0.467 e. The fourth-order valence-electron chi connectivity index (χ4n) is 2.68. The number of methoxy groups -OCH3 is 1. The Morgan fingerprint density at radius 2 is 2.05 bits per heavy atom. The van der Waals surface area contributed by atoms with Crippen molar-refractivity contribution in [2.45, 2.75) is 25.5 Å². The van der Waals surface area contributed by atoms with Gasteiger partial charge in [-0.1, -0.05) is 30.3 Å². The maximum Gasteiger partial charge on any atom is 0.410 e. The van der Waals surface area contributed by atoms with Crippen LogP contribution in [0, 0.1) is 5.92 Å². The lowest BCUT2D eigenvalue weighted by Crippen LogP contribution is -2.41. The zero-order valence-electron chi connectivity index (χ0n) is 12.6. The lowest BCUT2D eigenvalue weighted by atomic mass is 10.0. The van der Waals surface area contributed by atoms with Crippen LogP contribution in [0.25, 0.3) is 0 Å². The number of nitrogens with zero attached hydrogens (tertiary/aromatic N) is 1. The van der Waals surface area contributed by atoms with E-state index in [-0.39, 0.29) is 19.1 Å². The molecule has 1 aliphatic rings. The minimum atomic E-state index is -0.634. The van der Waals surface area contributed by atoms with Crippen molar-refractivity contribution in [2.24, 2.45) is 5.92 Å². The van der Waals surface area contributed by atoms with E-state index in [2.05, 4.69) is 0 Å². The van der Waals surface area contributed by atoms with Gasteiger partial charge in [0.2, 0.25) is 0 Å². The number of likely N-dealkylation sites (tertiary alicyclic amines) is 1. The molecule has 6 heteroatoms. The summed E-state index contributed by atoms with van der Waals surface area (Å²) in [7, 11) is 1.30. The first-order chi connectivity index (χ1) is 10.7. The Balaban J connectivity index is 1.97. The lowest BCUT2D eigenvalue weighted by Gasteiger charge is -2.22. The average molecular weight is 307 g/mol. The number of ether oxygens (including phenoxy) is 2. The monoisotopic (exact) mass is 307 g/mol. The highest BCUT2D eigenvalue weighted by Crippen LogP contribution is 2.27. The maximum absolute atomic E-state index is 12.2. The van der Waals surface area contributed by atoms with Gasteiger partial charge in [0, 0.05) is 13.2 Å². The highest BCUT2D eigenvalue weighted by Gasteiger charge is 2.40. The van der Waals surface area contributed by atoms with Crippen LogP contribution in [-0.2, 0) is 20.9 Å². The van der Waals surface area contributed by atoms with Crippen LogP contribution >= 0.6 is 0 Å². The molecule has 2 unspecified atom stereocenters. The predicted molar refractivity (Wildman–Crippen MR) is 78.9 cm³/mol. The molecule has 0 saturated carbocycles. The Morgan fingerprint density at radius 3 is 2.68 bits per heavy atom. The van der Waals surface area contributed by atoms with Gasteiger partial charge in [0.1, 0.15) is 12.6 Å². The van der Waals surface area contributed by atoms with Gasteiger partial charge in [0.05, 0.1) is 7.11 Å². The van der Waals surface area contributed by atoms with Gasteiger partial charge in [-0.25, -0.2) is 9.59 Å². The van der Waals surface area contributed by atoms with Gasteiger partial charge in [-0.3, -0.25) is 4.90 Å². The van der Waals surface area contributed by atoms with Crippen molar-refractivity contribution in [1.29, 1.82) is 0 Å². The Labute approximate surface area is 129 Å². The molecule has 1 N–H and O–H groups in total. The summed E-state index contributed by atoms with van der Waals surface area (Å²) < 4.78 is 10.0. The van der Waals surface area contributed by atoms with Gasteiger partial charge in [-0.15, -0.1) is 0 Å². The van der Waals surface area contributed by atoms with E-state index in [0.717, 1.165) is 5.56 Å². The second-order valence-electron chi connectivity index (χ2n) is 5.35. The minimum absolute atomic E-state index is 0.0332. The fourth-order valence-corrected chi connectivity index (χ4v) is 2.68. The van der Waals surface area contributed by atoms with Crippen LogP contribution in [0.2, 0.25) is 0 Å². The Hall–Kier alpha value is -2.08. The Kier molecular flexibility index (Phi) is 5.77. The molecule has 0 spiro atoms. The number of amides is 1. The molecule has 1 fully saturated rings. The van der Waals surface area contributed by atoms with Crippen LogP contribution in [0.4, 0.5) is 4.79 Å². The highest BCUT2D eigenvalue weighted by molar-refractivity contribution is 5.82. The van der Waals surface area contributed by atoms with Crippen molar-refractivity contribution < 1.29 is 24.2 Å². The molecule has 1 aromatic rings. The number of hydrogen-bond acceptors (Lipinski definition) is 5. The van der Waals surface area contributed by atoms with Crippen LogP contribution in [-0.4, -0.2) is 48.4 Å². The third-order valence-electron chi connectivity index (χ3n) is 3.84. The second-order valence-corrected chi connectivity index (χ2v) is 5.35. The van der Waals surface area contributed by atoms with E-state index in [1.54, 1.807) is 0 Å². The maximum atomic E-state index is 12.2. The lowest BCUT2D eigenvalue weighted by molar-refractivity contribution is -0.145. The van der Waals surface area contributed by atoms with E-state index >= 15 is 0 Å². The first-order valence-corrected chi connectivity index (χ1v) is 7.31. The smallest absolute Gasteiger partial charge is 0.410 e. The Morgan fingerprint density at radius 1 is 1.32 bits per heavy atom. The zero-order valence-corrected chi connectivity index (χ0v) is 12.6. The standard InChI is InChI=1S/C16H21NO5/c1-21-15(19)14-9-13(7-8-18)10-17(14)16(20)22-11-12-5-3-2-4-6-12/h2-6,13-14,18H,7-11H2,1H3. The van der Waals surface area contributed by atoms with Crippen LogP contribution in [0.15, 0.2) is 30.3 Å². The summed E-state index contributed by atoms with van der Waals surface area (Å²) in [6.45, 7) is 0.591. The molecule has 1 heterocycles. The molecule has 1 aliphatic heterocycles. The van der Waals surface area contributed by atoms with E-state index < -0.39 is 18.1 Å². The Bertz CT molecular complexity index is 505. The van der Waals surface area contributed by atoms with Crippen molar-refractivity contribution in [3.8, 4) is 0 Å². The van der Waals surface area contributed by atoms with E-state index in [9.17, 15) is 9.59 Å². The van der Waals surface area contributed by atoms with Gasteiger partial charge in [0.15, 0.2) is 0 Å². The molecule has 1 saturated heterocycles. The molecule has 6 nitrogen and oxygen atoms in total. The highest BCUT2D eigenvalue weighted by atomic mass is 16.6. The normalized spacial score (nSPS) is 20.7. The van der Waals surface area contributed by atoms with E-state index in [1.807, 2.05) is 30.3 Å². The molecular formula is C16H21NO5. The second kappa shape index (κ2) is 7.79. The van der Waals surface area contributed by atoms with E-state index in [1.165, 1.54) is 12.0 Å². The minimum Gasteiger partial charge on any atom is -0.467 e. The molecule has 0 radical (unpaired) electrons. The number of rotatable bonds is 5. The third-order valence-corrected chi connectivity index (χ3v) is 3.84. The summed E-state index contributed by atoms with van der Waals surface area (Å²) in [6, 6.07) is 8.72. The first kappa shape index (κ1) is 16.3. The van der Waals surface area contributed by atoms with Crippen LogP contribution in [0.5, 0.6) is 0 Å². The molecule has 0 aliphatic carbocycles. The van der Waals surface area contributed by atoms with Gasteiger partial charge >= 0.3 is 12.1 Å². The molecule has 1 aromatic carbocycles. The number of carbonyl (C=O) groups is 2. The molecule has 120 valence electrons. The first-order valence-electron chi connectivity index (χ1n) is 7.31. The molecule has 2 rings (SSSR count). The SMILES string of the molecule is COC(=O)C1CC(CCO)CN1C(=O)OCc1ccccc1. The zero-order chi connectivity index (χ0) is 15.9. The van der Waals surface area contributed by atoms with Crippen LogP contribution < -0.4 is 0 Å². The number of aliphatic hydroxyl groups is 1. The predicted octanol–water partition coefficient (Wildman–Crippen LogP) is 1.57. The molecule has 22 heavy (non-hydrogen) atoms. The number of hydrogen-bond donors (Lipinski definition) is 1. The molecule has 1 amide bonds. The van der Waals surface area contributed by atoms with Crippen molar-refractivity contribution >= 4 is 12.1 Å². The van der Waals surface area contributed by atoms with E-state index in [0.29, 0.717) is 19.4 Å². The number of carbonyl (C=O) groups excluding carboxylic acids is 2. The van der Waals surface area contributed by atoms with E-state index in [4.69, 9.17) is 14.6 Å². The van der Waals surface area contributed by atoms with Crippen LogP contribution in [0.1, 0.15) is 18.4 Å².